The van der Waals surface area contributed by atoms with Crippen LogP contribution in [0, 0.1) is 0 Å². The van der Waals surface area contributed by atoms with Gasteiger partial charge in [-0.15, -0.1) is 0 Å². The number of carboxylic acids is 1. The van der Waals surface area contributed by atoms with E-state index in [0.717, 1.165) is 141 Å². The summed E-state index contributed by atoms with van der Waals surface area (Å²) >= 11 is 0. The lowest BCUT2D eigenvalue weighted by Gasteiger charge is -2.40. The van der Waals surface area contributed by atoms with Gasteiger partial charge < -0.3 is 39.0 Å². The lowest BCUT2D eigenvalue weighted by molar-refractivity contribution is -0.301. The number of carbonyl (C=O) groups excluding carboxylic acids is 3. The minimum absolute atomic E-state index is 0.0531. The molecule has 0 saturated carbocycles. The fourth-order valence-corrected chi connectivity index (χ4v) is 8.23. The molecule has 3 N–H and O–H groups in total. The van der Waals surface area contributed by atoms with Crippen molar-refractivity contribution < 1.29 is 58.2 Å². The molecule has 0 amide bonds. The van der Waals surface area contributed by atoms with E-state index in [1.807, 2.05) is 0 Å². The fraction of sp³-hybridized carbons (Fsp3) is 0.683. The zero-order chi connectivity index (χ0) is 54.7. The Balaban J connectivity index is 2.70. The van der Waals surface area contributed by atoms with Gasteiger partial charge in [0.15, 0.2) is 24.6 Å². The number of esters is 3. The zero-order valence-corrected chi connectivity index (χ0v) is 46.8. The molecule has 0 aromatic heterocycles. The summed E-state index contributed by atoms with van der Waals surface area (Å²) in [4.78, 5) is 51.0. The largest absolute Gasteiger partial charge is 0.479 e. The highest BCUT2D eigenvalue weighted by atomic mass is 16.7. The van der Waals surface area contributed by atoms with Crippen LogP contribution in [0.25, 0.3) is 0 Å². The second-order valence-corrected chi connectivity index (χ2v) is 19.5. The average molecular weight is 1050 g/mol. The predicted octanol–water partition coefficient (Wildman–Crippen LogP) is 14.9. The van der Waals surface area contributed by atoms with Gasteiger partial charge in [-0.25, -0.2) is 4.79 Å². The van der Waals surface area contributed by atoms with Gasteiger partial charge in [-0.1, -0.05) is 208 Å². The van der Waals surface area contributed by atoms with Gasteiger partial charge in [0, 0.05) is 19.3 Å². The Morgan fingerprint density at radius 3 is 1.29 bits per heavy atom. The molecule has 426 valence electrons. The molecule has 1 fully saturated rings. The van der Waals surface area contributed by atoms with Crippen LogP contribution in [0.15, 0.2) is 97.2 Å². The summed E-state index contributed by atoms with van der Waals surface area (Å²) in [7, 11) is 0. The first-order valence-corrected chi connectivity index (χ1v) is 29.2. The predicted molar refractivity (Wildman–Crippen MR) is 303 cm³/mol. The molecule has 0 aromatic rings. The number of aliphatic hydroxyl groups is 2. The van der Waals surface area contributed by atoms with Crippen molar-refractivity contribution in [1.29, 1.82) is 0 Å². The molecule has 0 spiro atoms. The molecular weight excluding hydrogens is 949 g/mol. The number of rotatable bonds is 48. The highest BCUT2D eigenvalue weighted by Gasteiger charge is 2.50. The third-order valence-corrected chi connectivity index (χ3v) is 12.7. The van der Waals surface area contributed by atoms with E-state index in [4.69, 9.17) is 23.7 Å². The molecule has 12 heteroatoms. The monoisotopic (exact) mass is 1050 g/mol. The fourth-order valence-electron chi connectivity index (χ4n) is 8.23. The SMILES string of the molecule is CC/C=C\C/C=C\C/C=C\C/C=C\C/C=C\CCCCCC(=O)OCC(COC1OC(C(=O)O)C(O)C(O)C1OC(=O)CCCCCCCCCCC)OC(=O)CCCCCCCCC/C=C\C/C=C\C/C=C\CC. The third kappa shape index (κ3) is 40.6. The van der Waals surface area contributed by atoms with E-state index in [-0.39, 0.29) is 25.9 Å². The van der Waals surface area contributed by atoms with E-state index in [0.29, 0.717) is 19.3 Å². The Labute approximate surface area is 453 Å². The van der Waals surface area contributed by atoms with Crippen molar-refractivity contribution in [1.82, 2.24) is 0 Å². The Morgan fingerprint density at radius 2 is 0.840 bits per heavy atom. The highest BCUT2D eigenvalue weighted by molar-refractivity contribution is 5.74. The maximum Gasteiger partial charge on any atom is 0.335 e. The Bertz CT molecular complexity index is 1670. The van der Waals surface area contributed by atoms with Crippen LogP contribution in [0.1, 0.15) is 226 Å². The summed E-state index contributed by atoms with van der Waals surface area (Å²) in [5.41, 5.74) is 0. The minimum atomic E-state index is -1.91. The normalized spacial score (nSPS) is 18.9. The van der Waals surface area contributed by atoms with Crippen LogP contribution < -0.4 is 0 Å². The van der Waals surface area contributed by atoms with Crippen LogP contribution in [-0.4, -0.2) is 89.2 Å². The topological polar surface area (TPSA) is 175 Å². The molecule has 12 nitrogen and oxygen atoms in total. The molecule has 0 aliphatic carbocycles. The number of aliphatic carboxylic acids is 1. The van der Waals surface area contributed by atoms with Gasteiger partial charge in [0.1, 0.15) is 18.8 Å². The lowest BCUT2D eigenvalue weighted by Crippen LogP contribution is -2.61. The molecular formula is C63H102O12. The van der Waals surface area contributed by atoms with Gasteiger partial charge in [-0.05, 0) is 96.3 Å². The van der Waals surface area contributed by atoms with Crippen molar-refractivity contribution in [2.24, 2.45) is 0 Å². The quantitative estimate of drug-likeness (QED) is 0.0228. The number of carboxylic acid groups (broad SMARTS) is 1. The summed E-state index contributed by atoms with van der Waals surface area (Å²) < 4.78 is 28.3. The molecule has 6 unspecified atom stereocenters. The van der Waals surface area contributed by atoms with Crippen molar-refractivity contribution in [3.8, 4) is 0 Å². The van der Waals surface area contributed by atoms with E-state index in [1.165, 1.54) is 25.7 Å². The van der Waals surface area contributed by atoms with Gasteiger partial charge >= 0.3 is 23.9 Å². The zero-order valence-electron chi connectivity index (χ0n) is 46.8. The Kier molecular flexibility index (Phi) is 46.2. The first-order valence-electron chi connectivity index (χ1n) is 29.2. The second-order valence-electron chi connectivity index (χ2n) is 19.5. The Hall–Kier alpha value is -4.36. The van der Waals surface area contributed by atoms with E-state index in [9.17, 15) is 34.5 Å². The Morgan fingerprint density at radius 1 is 0.453 bits per heavy atom. The summed E-state index contributed by atoms with van der Waals surface area (Å²) in [5.74, 6) is -3.18. The molecule has 1 heterocycles. The van der Waals surface area contributed by atoms with E-state index >= 15 is 0 Å². The van der Waals surface area contributed by atoms with Gasteiger partial charge in [0.05, 0.1) is 6.61 Å². The number of aliphatic hydroxyl groups excluding tert-OH is 2. The molecule has 0 bridgehead atoms. The number of unbranched alkanes of at least 4 members (excludes halogenated alkanes) is 18. The summed E-state index contributed by atoms with van der Waals surface area (Å²) in [6.45, 7) is 5.69. The van der Waals surface area contributed by atoms with Crippen LogP contribution >= 0.6 is 0 Å². The smallest absolute Gasteiger partial charge is 0.335 e. The molecule has 1 saturated heterocycles. The van der Waals surface area contributed by atoms with Crippen molar-refractivity contribution >= 4 is 23.9 Å². The van der Waals surface area contributed by atoms with Gasteiger partial charge in [0.25, 0.3) is 0 Å². The number of ether oxygens (including phenoxy) is 5. The molecule has 6 atom stereocenters. The van der Waals surface area contributed by atoms with Gasteiger partial charge in [0.2, 0.25) is 0 Å². The van der Waals surface area contributed by atoms with Crippen molar-refractivity contribution in [2.45, 2.75) is 263 Å². The van der Waals surface area contributed by atoms with Gasteiger partial charge in [-0.2, -0.15) is 0 Å². The second kappa shape index (κ2) is 50.5. The number of hydrogen-bond donors (Lipinski definition) is 3. The maximum atomic E-state index is 13.1. The number of hydrogen-bond acceptors (Lipinski definition) is 11. The average Bonchev–Trinajstić information content (AvgIpc) is 3.39. The van der Waals surface area contributed by atoms with Crippen LogP contribution in [-0.2, 0) is 42.9 Å². The number of allylic oxidation sites excluding steroid dienone is 16. The summed E-state index contributed by atoms with van der Waals surface area (Å²) in [6, 6.07) is 0. The minimum Gasteiger partial charge on any atom is -0.479 e. The van der Waals surface area contributed by atoms with Crippen LogP contribution in [0.4, 0.5) is 0 Å². The summed E-state index contributed by atoms with van der Waals surface area (Å²) in [6.07, 6.45) is 53.9. The van der Waals surface area contributed by atoms with Crippen LogP contribution in [0.2, 0.25) is 0 Å². The molecule has 1 aliphatic heterocycles. The summed E-state index contributed by atoms with van der Waals surface area (Å²) in [5, 5.41) is 31.4. The van der Waals surface area contributed by atoms with Crippen LogP contribution in [0.3, 0.4) is 0 Å². The van der Waals surface area contributed by atoms with Crippen molar-refractivity contribution in [3.63, 3.8) is 0 Å². The van der Waals surface area contributed by atoms with Crippen molar-refractivity contribution in [2.75, 3.05) is 13.2 Å². The van der Waals surface area contributed by atoms with Gasteiger partial charge in [-0.3, -0.25) is 14.4 Å². The molecule has 0 radical (unpaired) electrons. The van der Waals surface area contributed by atoms with E-state index in [2.05, 4.69) is 118 Å². The molecule has 1 aliphatic rings. The maximum absolute atomic E-state index is 13.1. The first-order chi connectivity index (χ1) is 36.6. The van der Waals surface area contributed by atoms with Crippen molar-refractivity contribution in [3.05, 3.63) is 97.2 Å². The first kappa shape index (κ1) is 68.7. The number of carbonyl (C=O) groups is 4. The standard InChI is InChI=1S/C63H102O12/c1-4-7-10-13-16-19-21-23-25-27-28-30-31-33-35-38-40-43-46-49-55(64)71-52-54(73-56(65)50-47-44-42-39-36-34-32-29-26-24-22-20-17-14-11-8-5-2)53-72-63-61(59(68)58(67)60(75-63)62(69)70)74-57(66)51-48-45-41-37-18-15-12-9-6-3/h7-8,10-11,16-17,19-20,23-26,28,30,33,35,54,58-61,63,67-68H,4-6,9,12-15,18,21-22,27,29,31-32,34,36-53H2,1-3H3,(H,69,70)/b10-7-,11-8-,19-16-,20-17-,25-23-,26-24-,30-28-,35-33-. The molecule has 0 aromatic carbocycles. The molecule has 1 rings (SSSR count). The lowest BCUT2D eigenvalue weighted by atomic mass is 9.98. The molecule has 75 heavy (non-hydrogen) atoms. The van der Waals surface area contributed by atoms with E-state index < -0.39 is 67.3 Å². The van der Waals surface area contributed by atoms with Crippen LogP contribution in [0.5, 0.6) is 0 Å². The third-order valence-electron chi connectivity index (χ3n) is 12.7. The highest BCUT2D eigenvalue weighted by Crippen LogP contribution is 2.26. The van der Waals surface area contributed by atoms with E-state index in [1.54, 1.807) is 0 Å².